The van der Waals surface area contributed by atoms with Crippen LogP contribution in [0.2, 0.25) is 0 Å². The van der Waals surface area contributed by atoms with Gasteiger partial charge in [-0.25, -0.2) is 4.79 Å². The number of Topliss-reactive ketones (excluding diaryl/α,β-unsaturated/α-hetero) is 1. The van der Waals surface area contributed by atoms with E-state index in [4.69, 9.17) is 9.47 Å². The van der Waals surface area contributed by atoms with Gasteiger partial charge in [-0.05, 0) is 55.9 Å². The summed E-state index contributed by atoms with van der Waals surface area (Å²) in [7, 11) is 1.62. The van der Waals surface area contributed by atoms with Gasteiger partial charge in [0.1, 0.15) is 17.6 Å². The third-order valence-corrected chi connectivity index (χ3v) is 7.34. The third-order valence-electron chi connectivity index (χ3n) is 7.34. The lowest BCUT2D eigenvalue weighted by molar-refractivity contribution is -0.144. The Morgan fingerprint density at radius 2 is 1.71 bits per heavy atom. The standard InChI is InChI=1S/C29H31NO4/c1-18-26(29(32)34-22-12-6-7-13-22)27(20-11-8-14-23(15-20)33-2)28-24(30-18)16-21(17-25(28)31)19-9-4-3-5-10-19/h3-5,8-11,14-16,21-22,27-28,30H,6-7,12-13,17H2,1-2H3. The van der Waals surface area contributed by atoms with E-state index in [9.17, 15) is 9.59 Å². The number of methoxy groups -OCH3 is 1. The van der Waals surface area contributed by atoms with Crippen molar-refractivity contribution in [2.24, 2.45) is 5.92 Å². The van der Waals surface area contributed by atoms with Crippen molar-refractivity contribution in [1.29, 1.82) is 0 Å². The normalized spacial score (nSPS) is 24.8. The van der Waals surface area contributed by atoms with E-state index in [1.807, 2.05) is 49.4 Å². The quantitative estimate of drug-likeness (QED) is 0.609. The first-order valence-corrected chi connectivity index (χ1v) is 12.2. The largest absolute Gasteiger partial charge is 0.497 e. The number of carbonyl (C=O) groups is 2. The number of fused-ring (bicyclic) bond motifs is 1. The zero-order valence-electron chi connectivity index (χ0n) is 19.8. The predicted octanol–water partition coefficient (Wildman–Crippen LogP) is 5.40. The van der Waals surface area contributed by atoms with E-state index >= 15 is 0 Å². The van der Waals surface area contributed by atoms with Crippen LogP contribution >= 0.6 is 0 Å². The molecule has 3 aliphatic rings. The summed E-state index contributed by atoms with van der Waals surface area (Å²) in [4.78, 5) is 27.2. The van der Waals surface area contributed by atoms with Gasteiger partial charge >= 0.3 is 5.97 Å². The summed E-state index contributed by atoms with van der Waals surface area (Å²) >= 11 is 0. The molecule has 0 spiro atoms. The number of carbonyl (C=O) groups excluding carboxylic acids is 2. The van der Waals surface area contributed by atoms with Crippen LogP contribution in [0.5, 0.6) is 5.75 Å². The van der Waals surface area contributed by atoms with Crippen molar-refractivity contribution in [3.63, 3.8) is 0 Å². The zero-order chi connectivity index (χ0) is 23.7. The molecule has 1 heterocycles. The molecule has 5 nitrogen and oxygen atoms in total. The highest BCUT2D eigenvalue weighted by Gasteiger charge is 2.45. The van der Waals surface area contributed by atoms with E-state index in [1.165, 1.54) is 0 Å². The minimum atomic E-state index is -0.457. The van der Waals surface area contributed by atoms with Crippen LogP contribution in [0.15, 0.2) is 77.6 Å². The average Bonchev–Trinajstić information content (AvgIpc) is 3.36. The Morgan fingerprint density at radius 3 is 2.44 bits per heavy atom. The number of ether oxygens (including phenoxy) is 2. The Morgan fingerprint density at radius 1 is 0.971 bits per heavy atom. The smallest absolute Gasteiger partial charge is 0.336 e. The number of nitrogens with one attached hydrogen (secondary N) is 1. The molecule has 5 heteroatoms. The van der Waals surface area contributed by atoms with Gasteiger partial charge in [-0.1, -0.05) is 48.5 Å². The highest BCUT2D eigenvalue weighted by atomic mass is 16.5. The van der Waals surface area contributed by atoms with Gasteiger partial charge in [0.15, 0.2) is 0 Å². The van der Waals surface area contributed by atoms with Crippen molar-refractivity contribution in [3.05, 3.63) is 88.8 Å². The van der Waals surface area contributed by atoms with Gasteiger partial charge in [-0.15, -0.1) is 0 Å². The predicted molar refractivity (Wildman–Crippen MR) is 130 cm³/mol. The number of benzene rings is 2. The molecular weight excluding hydrogens is 426 g/mol. The fraction of sp³-hybridized carbons (Fsp3) is 0.379. The lowest BCUT2D eigenvalue weighted by Crippen LogP contribution is -2.42. The second-order valence-corrected chi connectivity index (χ2v) is 9.52. The first-order chi connectivity index (χ1) is 16.5. The summed E-state index contributed by atoms with van der Waals surface area (Å²) in [6.45, 7) is 1.91. The van der Waals surface area contributed by atoms with E-state index in [0.29, 0.717) is 17.7 Å². The molecule has 34 heavy (non-hydrogen) atoms. The second-order valence-electron chi connectivity index (χ2n) is 9.52. The zero-order valence-corrected chi connectivity index (χ0v) is 19.8. The lowest BCUT2D eigenvalue weighted by atomic mass is 9.68. The van der Waals surface area contributed by atoms with E-state index in [-0.39, 0.29) is 23.8 Å². The first kappa shape index (κ1) is 22.5. The van der Waals surface area contributed by atoms with Gasteiger partial charge in [-0.2, -0.15) is 0 Å². The summed E-state index contributed by atoms with van der Waals surface area (Å²) in [6, 6.07) is 17.8. The molecule has 5 rings (SSSR count). The molecular formula is C29H31NO4. The van der Waals surface area contributed by atoms with E-state index < -0.39 is 11.8 Å². The van der Waals surface area contributed by atoms with Gasteiger partial charge in [-0.3, -0.25) is 4.79 Å². The number of hydrogen-bond donors (Lipinski definition) is 1. The molecule has 2 aromatic carbocycles. The van der Waals surface area contributed by atoms with Crippen molar-refractivity contribution in [3.8, 4) is 5.75 Å². The van der Waals surface area contributed by atoms with Crippen molar-refractivity contribution >= 4 is 11.8 Å². The molecule has 0 saturated heterocycles. The maximum atomic E-state index is 13.7. The van der Waals surface area contributed by atoms with Gasteiger partial charge in [0.05, 0.1) is 18.6 Å². The fourth-order valence-electron chi connectivity index (χ4n) is 5.67. The van der Waals surface area contributed by atoms with Crippen molar-refractivity contribution < 1.29 is 19.1 Å². The van der Waals surface area contributed by atoms with Crippen LogP contribution < -0.4 is 10.1 Å². The Hall–Kier alpha value is -3.34. The third kappa shape index (κ3) is 4.27. The molecule has 1 saturated carbocycles. The Bertz CT molecular complexity index is 1140. The van der Waals surface area contributed by atoms with Gasteiger partial charge in [0.25, 0.3) is 0 Å². The van der Waals surface area contributed by atoms with E-state index in [2.05, 4.69) is 23.5 Å². The maximum absolute atomic E-state index is 13.7. The van der Waals surface area contributed by atoms with Crippen LogP contribution in [0.3, 0.4) is 0 Å². The van der Waals surface area contributed by atoms with Crippen molar-refractivity contribution in [2.75, 3.05) is 7.11 Å². The molecule has 1 N–H and O–H groups in total. The number of hydrogen-bond acceptors (Lipinski definition) is 5. The van der Waals surface area contributed by atoms with Crippen molar-refractivity contribution in [2.45, 2.75) is 57.0 Å². The highest BCUT2D eigenvalue weighted by molar-refractivity contribution is 5.96. The van der Waals surface area contributed by atoms with Crippen LogP contribution in [0.25, 0.3) is 0 Å². The average molecular weight is 458 g/mol. The molecule has 176 valence electrons. The molecule has 0 bridgehead atoms. The number of ketones is 1. The van der Waals surface area contributed by atoms with Crippen LogP contribution in [-0.2, 0) is 14.3 Å². The van der Waals surface area contributed by atoms with E-state index in [0.717, 1.165) is 48.2 Å². The van der Waals surface area contributed by atoms with Gasteiger partial charge in [0, 0.05) is 29.7 Å². The van der Waals surface area contributed by atoms with E-state index in [1.54, 1.807) is 7.11 Å². The first-order valence-electron chi connectivity index (χ1n) is 12.2. The van der Waals surface area contributed by atoms with Crippen molar-refractivity contribution in [1.82, 2.24) is 5.32 Å². The molecule has 0 amide bonds. The summed E-state index contributed by atoms with van der Waals surface area (Å²) in [6.07, 6.45) is 6.51. The molecule has 2 aliphatic carbocycles. The molecule has 3 atom stereocenters. The van der Waals surface area contributed by atoms with Crippen LogP contribution in [0.4, 0.5) is 0 Å². The molecule has 0 aromatic heterocycles. The molecule has 1 aliphatic heterocycles. The molecule has 0 radical (unpaired) electrons. The summed E-state index contributed by atoms with van der Waals surface area (Å²) in [5.41, 5.74) is 4.18. The SMILES string of the molecule is COc1cccc(C2C(C(=O)OC3CCCC3)=C(C)NC3=CC(c4ccccc4)CC(=O)C32)c1. The Balaban J connectivity index is 1.58. The van der Waals surface area contributed by atoms with Crippen LogP contribution in [0.1, 0.15) is 62.0 Å². The second kappa shape index (κ2) is 9.49. The highest BCUT2D eigenvalue weighted by Crippen LogP contribution is 2.47. The number of allylic oxidation sites excluding steroid dienone is 3. The number of rotatable bonds is 5. The topological polar surface area (TPSA) is 64.6 Å². The lowest BCUT2D eigenvalue weighted by Gasteiger charge is -2.39. The molecule has 3 unspecified atom stereocenters. The monoisotopic (exact) mass is 457 g/mol. The van der Waals surface area contributed by atoms with Gasteiger partial charge in [0.2, 0.25) is 0 Å². The maximum Gasteiger partial charge on any atom is 0.336 e. The minimum Gasteiger partial charge on any atom is -0.497 e. The fourth-order valence-corrected chi connectivity index (χ4v) is 5.67. The number of esters is 1. The summed E-state index contributed by atoms with van der Waals surface area (Å²) in [5, 5.41) is 3.42. The summed E-state index contributed by atoms with van der Waals surface area (Å²) in [5.74, 6) is -0.346. The molecule has 2 aromatic rings. The molecule has 1 fully saturated rings. The van der Waals surface area contributed by atoms with Gasteiger partial charge < -0.3 is 14.8 Å². The summed E-state index contributed by atoms with van der Waals surface area (Å²) < 4.78 is 11.4. The minimum absolute atomic E-state index is 0.0122. The van der Waals surface area contributed by atoms with Crippen LogP contribution in [-0.4, -0.2) is 25.0 Å². The Labute approximate surface area is 200 Å². The van der Waals surface area contributed by atoms with Crippen LogP contribution in [0, 0.1) is 5.92 Å². The Kier molecular flexibility index (Phi) is 6.27.